The van der Waals surface area contributed by atoms with Crippen molar-refractivity contribution in [2.75, 3.05) is 6.54 Å². The van der Waals surface area contributed by atoms with Crippen LogP contribution in [0.1, 0.15) is 61.6 Å². The Kier molecular flexibility index (Phi) is 12.1. The van der Waals surface area contributed by atoms with Crippen molar-refractivity contribution in [1.29, 1.82) is 0 Å². The van der Waals surface area contributed by atoms with Gasteiger partial charge in [-0.1, -0.05) is 80.4 Å². The van der Waals surface area contributed by atoms with E-state index in [1.54, 1.807) is 24.3 Å². The summed E-state index contributed by atoms with van der Waals surface area (Å²) in [6, 6.07) is 18.8. The van der Waals surface area contributed by atoms with E-state index in [4.69, 9.17) is 27.6 Å². The van der Waals surface area contributed by atoms with Crippen molar-refractivity contribution in [3.8, 4) is 5.75 Å². The molecule has 1 amide bonds. The van der Waals surface area contributed by atoms with Gasteiger partial charge in [-0.15, -0.1) is 0 Å². The first-order valence-corrected chi connectivity index (χ1v) is 18.0. The summed E-state index contributed by atoms with van der Waals surface area (Å²) in [5.41, 5.74) is 4.18. The number of aliphatic hydroxyl groups is 1. The Bertz CT molecular complexity index is 1340. The molecule has 6 nitrogen and oxygen atoms in total. The number of rotatable bonds is 13. The van der Waals surface area contributed by atoms with E-state index in [0.717, 1.165) is 23.1 Å². The third-order valence-electron chi connectivity index (χ3n) is 7.96. The van der Waals surface area contributed by atoms with Crippen molar-refractivity contribution >= 4 is 37.4 Å². The maximum Gasteiger partial charge on any atom is 0.224 e. The summed E-state index contributed by atoms with van der Waals surface area (Å²) < 4.78 is 6.81. The molecule has 42 heavy (non-hydrogen) atoms. The highest BCUT2D eigenvalue weighted by atomic mass is 35.5. The van der Waals surface area contributed by atoms with Gasteiger partial charge in [-0.05, 0) is 72.4 Å². The van der Waals surface area contributed by atoms with E-state index in [9.17, 15) is 15.0 Å². The molecule has 0 unspecified atom stereocenters. The fraction of sp³-hybridized carbons (Fsp3) is 0.424. The lowest BCUT2D eigenvalue weighted by atomic mass is 10.0. The zero-order valence-corrected chi connectivity index (χ0v) is 27.9. The Hall–Kier alpha value is -2.39. The number of carbonyl (C=O) groups excluding carboxylic acids is 1. The molecule has 0 aliphatic rings. The average Bonchev–Trinajstić information content (AvgIpc) is 2.90. The van der Waals surface area contributed by atoms with Crippen molar-refractivity contribution in [3.05, 3.63) is 98.5 Å². The molecule has 0 bridgehead atoms. The maximum atomic E-state index is 12.7. The number of nitrogens with one attached hydrogen (secondary N) is 2. The van der Waals surface area contributed by atoms with Gasteiger partial charge in [0.1, 0.15) is 5.75 Å². The van der Waals surface area contributed by atoms with Crippen LogP contribution >= 0.6 is 23.2 Å². The molecule has 0 aliphatic heterocycles. The van der Waals surface area contributed by atoms with Crippen LogP contribution in [-0.4, -0.2) is 37.0 Å². The molecule has 0 spiro atoms. The summed E-state index contributed by atoms with van der Waals surface area (Å²) in [6.45, 7) is 13.8. The topological polar surface area (TPSA) is 90.8 Å². The molecule has 0 radical (unpaired) electrons. The Morgan fingerprint density at radius 2 is 1.64 bits per heavy atom. The SMILES string of the molecule is C[C@H](Cc1cccc(CC(=O)NCc2c(Cl)cccc2Cl)c1)NC[C@H](O[Si](C)(C)C(C)(C)C)c1ccc(O)c(CO)c1. The first-order valence-electron chi connectivity index (χ1n) is 14.3. The highest BCUT2D eigenvalue weighted by Gasteiger charge is 2.39. The van der Waals surface area contributed by atoms with Crippen molar-refractivity contribution in [2.24, 2.45) is 0 Å². The van der Waals surface area contributed by atoms with Crippen molar-refractivity contribution in [2.45, 2.75) is 84.0 Å². The molecular weight excluding hydrogens is 587 g/mol. The van der Waals surface area contributed by atoms with Crippen LogP contribution in [0.4, 0.5) is 0 Å². The molecule has 0 heterocycles. The van der Waals surface area contributed by atoms with Crippen LogP contribution in [0.2, 0.25) is 28.2 Å². The van der Waals surface area contributed by atoms with E-state index in [-0.39, 0.29) is 48.4 Å². The van der Waals surface area contributed by atoms with Gasteiger partial charge >= 0.3 is 0 Å². The van der Waals surface area contributed by atoms with Gasteiger partial charge in [-0.2, -0.15) is 0 Å². The molecule has 228 valence electrons. The van der Waals surface area contributed by atoms with Gasteiger partial charge in [0.2, 0.25) is 5.91 Å². The van der Waals surface area contributed by atoms with Crippen molar-refractivity contribution in [3.63, 3.8) is 0 Å². The van der Waals surface area contributed by atoms with Gasteiger partial charge in [0.05, 0.1) is 19.1 Å². The van der Waals surface area contributed by atoms with Crippen molar-refractivity contribution in [1.82, 2.24) is 10.6 Å². The number of hydrogen-bond donors (Lipinski definition) is 4. The Balaban J connectivity index is 1.63. The van der Waals surface area contributed by atoms with Crippen LogP contribution in [0, 0.1) is 0 Å². The minimum absolute atomic E-state index is 0.0277. The van der Waals surface area contributed by atoms with Gasteiger partial charge in [0, 0.05) is 40.3 Å². The normalized spacial score (nSPS) is 13.5. The second-order valence-corrected chi connectivity index (χ2v) is 18.0. The number of phenols is 1. The summed E-state index contributed by atoms with van der Waals surface area (Å²) in [5, 5.41) is 27.4. The zero-order chi connectivity index (χ0) is 31.1. The molecule has 3 rings (SSSR count). The Morgan fingerprint density at radius 3 is 2.29 bits per heavy atom. The van der Waals surface area contributed by atoms with Crippen LogP contribution in [0.3, 0.4) is 0 Å². The lowest BCUT2D eigenvalue weighted by Crippen LogP contribution is -2.44. The lowest BCUT2D eigenvalue weighted by Gasteiger charge is -2.40. The summed E-state index contributed by atoms with van der Waals surface area (Å²) in [5.74, 6) is -0.0223. The monoisotopic (exact) mass is 630 g/mol. The van der Waals surface area contributed by atoms with Gasteiger partial charge in [0.25, 0.3) is 0 Å². The van der Waals surface area contributed by atoms with Gasteiger partial charge in [0.15, 0.2) is 8.32 Å². The Labute approximate surface area is 261 Å². The number of hydrogen-bond acceptors (Lipinski definition) is 5. The van der Waals surface area contributed by atoms with Crippen LogP contribution in [-0.2, 0) is 35.2 Å². The quantitative estimate of drug-likeness (QED) is 0.148. The molecule has 0 saturated carbocycles. The summed E-state index contributed by atoms with van der Waals surface area (Å²) >= 11 is 12.5. The molecule has 3 aromatic rings. The van der Waals surface area contributed by atoms with E-state index < -0.39 is 8.32 Å². The summed E-state index contributed by atoms with van der Waals surface area (Å²) in [7, 11) is -2.11. The molecule has 0 aliphatic carbocycles. The molecule has 4 N–H and O–H groups in total. The predicted molar refractivity (Wildman–Crippen MR) is 175 cm³/mol. The maximum absolute atomic E-state index is 12.7. The third-order valence-corrected chi connectivity index (χ3v) is 13.2. The highest BCUT2D eigenvalue weighted by Crippen LogP contribution is 2.40. The van der Waals surface area contributed by atoms with E-state index in [0.29, 0.717) is 27.7 Å². The number of aliphatic hydroxyl groups excluding tert-OH is 1. The summed E-state index contributed by atoms with van der Waals surface area (Å²) in [6.07, 6.45) is 0.796. The highest BCUT2D eigenvalue weighted by molar-refractivity contribution is 6.74. The van der Waals surface area contributed by atoms with Gasteiger partial charge in [-0.25, -0.2) is 0 Å². The smallest absolute Gasteiger partial charge is 0.224 e. The first kappa shape index (κ1) is 34.1. The van der Waals surface area contributed by atoms with Gasteiger partial charge < -0.3 is 25.3 Å². The van der Waals surface area contributed by atoms with E-state index in [2.05, 4.69) is 63.6 Å². The molecule has 0 saturated heterocycles. The fourth-order valence-electron chi connectivity index (χ4n) is 4.43. The molecule has 0 fully saturated rings. The first-order chi connectivity index (χ1) is 19.7. The Morgan fingerprint density at radius 1 is 1.00 bits per heavy atom. The van der Waals surface area contributed by atoms with E-state index in [1.807, 2.05) is 24.3 Å². The second kappa shape index (κ2) is 14.9. The summed E-state index contributed by atoms with van der Waals surface area (Å²) in [4.78, 5) is 12.7. The van der Waals surface area contributed by atoms with Crippen LogP contribution in [0.15, 0.2) is 60.7 Å². The zero-order valence-electron chi connectivity index (χ0n) is 25.4. The molecule has 2 atom stereocenters. The molecule has 3 aromatic carbocycles. The number of halogens is 2. The van der Waals surface area contributed by atoms with Crippen LogP contribution < -0.4 is 10.6 Å². The van der Waals surface area contributed by atoms with Crippen LogP contribution in [0.5, 0.6) is 5.75 Å². The lowest BCUT2D eigenvalue weighted by molar-refractivity contribution is -0.120. The van der Waals surface area contributed by atoms with E-state index in [1.165, 1.54) is 0 Å². The average molecular weight is 632 g/mol. The number of aromatic hydroxyl groups is 1. The third kappa shape index (κ3) is 9.56. The van der Waals surface area contributed by atoms with E-state index >= 15 is 0 Å². The van der Waals surface area contributed by atoms with Crippen LogP contribution in [0.25, 0.3) is 0 Å². The largest absolute Gasteiger partial charge is 0.508 e. The van der Waals surface area contributed by atoms with Gasteiger partial charge in [-0.3, -0.25) is 4.79 Å². The fourth-order valence-corrected chi connectivity index (χ4v) is 6.24. The minimum atomic E-state index is -2.11. The molecular formula is C33H44Cl2N2O4Si. The standard InChI is InChI=1S/C33H44Cl2N2O4Si/c1-22(36-20-31(41-42(5,6)33(2,3)4)25-13-14-30(39)26(18-25)21-38)15-23-9-7-10-24(16-23)17-32(40)37-19-27-28(34)11-8-12-29(27)35/h7-14,16,18,22,31,36,38-39H,15,17,19-21H2,1-6H3,(H,37,40)/t22-,31+/m1/s1. The minimum Gasteiger partial charge on any atom is -0.508 e. The molecule has 0 aromatic heterocycles. The second-order valence-electron chi connectivity index (χ2n) is 12.4. The van der Waals surface area contributed by atoms with Crippen molar-refractivity contribution < 1.29 is 19.4 Å². The predicted octanol–water partition coefficient (Wildman–Crippen LogP) is 7.33. The number of amides is 1. The molecule has 9 heteroatoms. The number of benzene rings is 3. The number of carbonyl (C=O) groups is 1.